The Morgan fingerprint density at radius 3 is 2.68 bits per heavy atom. The van der Waals surface area contributed by atoms with Crippen LogP contribution in [0.1, 0.15) is 37.4 Å². The molecule has 0 aliphatic carbocycles. The quantitative estimate of drug-likeness (QED) is 0.910. The van der Waals surface area contributed by atoms with Crippen LogP contribution in [0.25, 0.3) is 0 Å². The minimum atomic E-state index is 0.636. The highest BCUT2D eigenvalue weighted by Crippen LogP contribution is 2.21. The summed E-state index contributed by atoms with van der Waals surface area (Å²) in [7, 11) is 0. The van der Waals surface area contributed by atoms with Crippen molar-refractivity contribution in [1.29, 1.82) is 0 Å². The lowest BCUT2D eigenvalue weighted by Crippen LogP contribution is -2.59. The third-order valence-corrected chi connectivity index (χ3v) is 5.34. The Bertz CT molecular complexity index is 399. The molecule has 2 heterocycles. The molecular formula is C16H28N2S. The van der Waals surface area contributed by atoms with Crippen molar-refractivity contribution in [2.24, 2.45) is 5.92 Å². The highest BCUT2D eigenvalue weighted by Gasteiger charge is 2.29. The second kappa shape index (κ2) is 6.38. The van der Waals surface area contributed by atoms with Crippen molar-refractivity contribution < 1.29 is 0 Å². The summed E-state index contributed by atoms with van der Waals surface area (Å²) in [5.41, 5.74) is 0. The van der Waals surface area contributed by atoms with Crippen LogP contribution in [0.3, 0.4) is 0 Å². The lowest BCUT2D eigenvalue weighted by molar-refractivity contribution is 0.0856. The van der Waals surface area contributed by atoms with E-state index in [9.17, 15) is 0 Å². The van der Waals surface area contributed by atoms with Gasteiger partial charge in [-0.3, -0.25) is 4.90 Å². The van der Waals surface area contributed by atoms with Crippen LogP contribution in [0.5, 0.6) is 0 Å². The average Bonchev–Trinajstić information content (AvgIpc) is 2.74. The average molecular weight is 280 g/mol. The van der Waals surface area contributed by atoms with Crippen molar-refractivity contribution in [2.45, 2.75) is 59.2 Å². The van der Waals surface area contributed by atoms with E-state index in [-0.39, 0.29) is 0 Å². The van der Waals surface area contributed by atoms with E-state index in [1.165, 1.54) is 22.7 Å². The van der Waals surface area contributed by atoms with Crippen LogP contribution < -0.4 is 5.32 Å². The first-order valence-corrected chi connectivity index (χ1v) is 8.33. The van der Waals surface area contributed by atoms with Crippen LogP contribution in [0.4, 0.5) is 0 Å². The van der Waals surface area contributed by atoms with Crippen molar-refractivity contribution in [3.05, 3.63) is 21.9 Å². The molecule has 0 amide bonds. The van der Waals surface area contributed by atoms with Gasteiger partial charge in [-0.15, -0.1) is 11.3 Å². The fourth-order valence-corrected chi connectivity index (χ4v) is 3.99. The smallest absolute Gasteiger partial charge is 0.0218 e. The summed E-state index contributed by atoms with van der Waals surface area (Å²) in [4.78, 5) is 5.64. The summed E-state index contributed by atoms with van der Waals surface area (Å²) in [6.07, 6.45) is 1.19. The lowest BCUT2D eigenvalue weighted by atomic mass is 9.97. The largest absolute Gasteiger partial charge is 0.311 e. The first-order chi connectivity index (χ1) is 8.97. The Balaban J connectivity index is 1.98. The van der Waals surface area contributed by atoms with Crippen molar-refractivity contribution >= 4 is 11.3 Å². The normalized spacial score (nSPS) is 26.8. The van der Waals surface area contributed by atoms with Gasteiger partial charge >= 0.3 is 0 Å². The minimum absolute atomic E-state index is 0.636. The van der Waals surface area contributed by atoms with E-state index >= 15 is 0 Å². The molecule has 0 bridgehead atoms. The van der Waals surface area contributed by atoms with Gasteiger partial charge in [-0.05, 0) is 45.2 Å². The molecule has 1 N–H and O–H groups in total. The standard InChI is InChI=1S/C16H28N2S/c1-11(2)16-10-18(13(4)9-17-16)12(3)8-15-7-6-14(5)19-15/h6-7,11-13,16-17H,8-10H2,1-5H3. The van der Waals surface area contributed by atoms with E-state index in [0.29, 0.717) is 24.0 Å². The summed E-state index contributed by atoms with van der Waals surface area (Å²) in [6.45, 7) is 13.9. The first kappa shape index (κ1) is 15.0. The second-order valence-electron chi connectivity index (χ2n) is 6.37. The zero-order valence-electron chi connectivity index (χ0n) is 12.9. The molecule has 0 aromatic carbocycles. The predicted molar refractivity (Wildman–Crippen MR) is 85.0 cm³/mol. The van der Waals surface area contributed by atoms with Crippen LogP contribution in [-0.2, 0) is 6.42 Å². The number of hydrogen-bond donors (Lipinski definition) is 1. The highest BCUT2D eigenvalue weighted by molar-refractivity contribution is 7.11. The summed E-state index contributed by atoms with van der Waals surface area (Å²) >= 11 is 1.95. The van der Waals surface area contributed by atoms with Crippen molar-refractivity contribution in [2.75, 3.05) is 13.1 Å². The van der Waals surface area contributed by atoms with E-state index in [0.717, 1.165) is 6.54 Å². The number of nitrogens with zero attached hydrogens (tertiary/aromatic N) is 1. The van der Waals surface area contributed by atoms with Gasteiger partial charge in [0.05, 0.1) is 0 Å². The number of thiophene rings is 1. The van der Waals surface area contributed by atoms with Gasteiger partial charge in [0.2, 0.25) is 0 Å². The lowest BCUT2D eigenvalue weighted by Gasteiger charge is -2.43. The maximum absolute atomic E-state index is 3.68. The van der Waals surface area contributed by atoms with Gasteiger partial charge < -0.3 is 5.32 Å². The SMILES string of the molecule is Cc1ccc(CC(C)N2CC(C(C)C)NCC2C)s1. The molecule has 2 nitrogen and oxygen atoms in total. The summed E-state index contributed by atoms with van der Waals surface area (Å²) in [5.74, 6) is 0.714. The van der Waals surface area contributed by atoms with Gasteiger partial charge in [0, 0.05) is 41.0 Å². The van der Waals surface area contributed by atoms with Crippen LogP contribution in [0.15, 0.2) is 12.1 Å². The van der Waals surface area contributed by atoms with Gasteiger partial charge in [-0.2, -0.15) is 0 Å². The van der Waals surface area contributed by atoms with E-state index in [2.05, 4.69) is 57.0 Å². The van der Waals surface area contributed by atoms with Crippen LogP contribution >= 0.6 is 11.3 Å². The fourth-order valence-electron chi connectivity index (χ4n) is 2.97. The number of piperazine rings is 1. The summed E-state index contributed by atoms with van der Waals surface area (Å²) in [5, 5.41) is 3.68. The first-order valence-electron chi connectivity index (χ1n) is 7.51. The van der Waals surface area contributed by atoms with Gasteiger partial charge in [-0.1, -0.05) is 13.8 Å². The molecule has 19 heavy (non-hydrogen) atoms. The topological polar surface area (TPSA) is 15.3 Å². The zero-order valence-corrected chi connectivity index (χ0v) is 13.8. The molecule has 0 radical (unpaired) electrons. The number of hydrogen-bond acceptors (Lipinski definition) is 3. The number of nitrogens with one attached hydrogen (secondary N) is 1. The van der Waals surface area contributed by atoms with E-state index < -0.39 is 0 Å². The second-order valence-corrected chi connectivity index (χ2v) is 7.74. The Labute approximate surface area is 122 Å². The fraction of sp³-hybridized carbons (Fsp3) is 0.750. The molecule has 1 aromatic heterocycles. The predicted octanol–water partition coefficient (Wildman–Crippen LogP) is 3.31. The van der Waals surface area contributed by atoms with E-state index in [1.807, 2.05) is 11.3 Å². The molecule has 3 unspecified atom stereocenters. The number of rotatable bonds is 4. The molecule has 1 fully saturated rings. The molecule has 1 saturated heterocycles. The number of aryl methyl sites for hydroxylation is 1. The molecule has 3 atom stereocenters. The Morgan fingerprint density at radius 2 is 2.11 bits per heavy atom. The van der Waals surface area contributed by atoms with Crippen molar-refractivity contribution in [3.63, 3.8) is 0 Å². The molecule has 0 spiro atoms. The molecule has 2 rings (SSSR count). The maximum Gasteiger partial charge on any atom is 0.0218 e. The molecule has 1 aliphatic heterocycles. The van der Waals surface area contributed by atoms with Crippen LogP contribution in [-0.4, -0.2) is 36.1 Å². The molecular weight excluding hydrogens is 252 g/mol. The third-order valence-electron chi connectivity index (χ3n) is 4.31. The van der Waals surface area contributed by atoms with Gasteiger partial charge in [0.1, 0.15) is 0 Å². The molecule has 1 aliphatic rings. The Kier molecular flexibility index (Phi) is 5.04. The van der Waals surface area contributed by atoms with Crippen molar-refractivity contribution in [1.82, 2.24) is 10.2 Å². The van der Waals surface area contributed by atoms with Gasteiger partial charge in [0.25, 0.3) is 0 Å². The minimum Gasteiger partial charge on any atom is -0.311 e. The molecule has 0 saturated carbocycles. The van der Waals surface area contributed by atoms with Crippen LogP contribution in [0.2, 0.25) is 0 Å². The maximum atomic E-state index is 3.68. The highest BCUT2D eigenvalue weighted by atomic mass is 32.1. The van der Waals surface area contributed by atoms with E-state index in [1.54, 1.807) is 0 Å². The van der Waals surface area contributed by atoms with Crippen LogP contribution in [0, 0.1) is 12.8 Å². The molecule has 1 aromatic rings. The summed E-state index contributed by atoms with van der Waals surface area (Å²) in [6, 6.07) is 6.46. The zero-order chi connectivity index (χ0) is 14.0. The monoisotopic (exact) mass is 280 g/mol. The Morgan fingerprint density at radius 1 is 1.37 bits per heavy atom. The molecule has 108 valence electrons. The van der Waals surface area contributed by atoms with Gasteiger partial charge in [-0.25, -0.2) is 0 Å². The van der Waals surface area contributed by atoms with Gasteiger partial charge in [0.15, 0.2) is 0 Å². The Hall–Kier alpha value is -0.380. The summed E-state index contributed by atoms with van der Waals surface area (Å²) < 4.78 is 0. The van der Waals surface area contributed by atoms with Crippen molar-refractivity contribution in [3.8, 4) is 0 Å². The molecule has 3 heteroatoms. The third kappa shape index (κ3) is 3.80. The van der Waals surface area contributed by atoms with E-state index in [4.69, 9.17) is 0 Å².